The molecule has 1 aromatic carbocycles. The van der Waals surface area contributed by atoms with Gasteiger partial charge in [-0.25, -0.2) is 0 Å². The molecular formula is C15H13N3O2S. The summed E-state index contributed by atoms with van der Waals surface area (Å²) in [6.07, 6.45) is 0. The zero-order valence-corrected chi connectivity index (χ0v) is 12.2. The minimum Gasteiger partial charge on any atom is -0.343 e. The number of nitrogens with zero attached hydrogens (tertiary/aromatic N) is 2. The maximum absolute atomic E-state index is 12.0. The van der Waals surface area contributed by atoms with Crippen molar-refractivity contribution >= 4 is 17.2 Å². The molecule has 2 heterocycles. The van der Waals surface area contributed by atoms with Crippen molar-refractivity contribution in [3.8, 4) is 10.7 Å². The zero-order chi connectivity index (χ0) is 14.7. The van der Waals surface area contributed by atoms with Crippen molar-refractivity contribution in [2.45, 2.75) is 13.5 Å². The van der Waals surface area contributed by atoms with Crippen LogP contribution in [0.25, 0.3) is 10.7 Å². The minimum absolute atomic E-state index is 0.158. The molecule has 2 aromatic heterocycles. The second-order valence-electron chi connectivity index (χ2n) is 4.54. The lowest BCUT2D eigenvalue weighted by atomic mass is 10.1. The number of hydrogen-bond donors (Lipinski definition) is 1. The summed E-state index contributed by atoms with van der Waals surface area (Å²) >= 11 is 1.54. The number of nitrogens with one attached hydrogen (secondary N) is 1. The first-order chi connectivity index (χ1) is 10.2. The number of thiophene rings is 1. The van der Waals surface area contributed by atoms with Crippen molar-refractivity contribution < 1.29 is 9.32 Å². The molecule has 0 saturated carbocycles. The quantitative estimate of drug-likeness (QED) is 0.804. The van der Waals surface area contributed by atoms with E-state index in [4.69, 9.17) is 4.52 Å². The number of rotatable bonds is 4. The second-order valence-corrected chi connectivity index (χ2v) is 5.49. The Morgan fingerprint density at radius 1 is 1.33 bits per heavy atom. The van der Waals surface area contributed by atoms with Crippen LogP contribution in [0, 0.1) is 6.92 Å². The number of amides is 1. The van der Waals surface area contributed by atoms with Gasteiger partial charge in [-0.15, -0.1) is 11.3 Å². The molecule has 21 heavy (non-hydrogen) atoms. The van der Waals surface area contributed by atoms with Crippen LogP contribution in [-0.4, -0.2) is 16.0 Å². The van der Waals surface area contributed by atoms with E-state index in [2.05, 4.69) is 15.5 Å². The molecule has 0 spiro atoms. The van der Waals surface area contributed by atoms with Crippen molar-refractivity contribution in [2.24, 2.45) is 0 Å². The van der Waals surface area contributed by atoms with Crippen LogP contribution in [0.2, 0.25) is 0 Å². The van der Waals surface area contributed by atoms with Gasteiger partial charge in [-0.3, -0.25) is 4.79 Å². The summed E-state index contributed by atoms with van der Waals surface area (Å²) in [4.78, 5) is 17.2. The lowest BCUT2D eigenvalue weighted by molar-refractivity contribution is 0.0946. The zero-order valence-electron chi connectivity index (χ0n) is 11.4. The highest BCUT2D eigenvalue weighted by Crippen LogP contribution is 2.21. The lowest BCUT2D eigenvalue weighted by Gasteiger charge is -2.02. The van der Waals surface area contributed by atoms with Gasteiger partial charge in [-0.1, -0.05) is 28.9 Å². The first-order valence-electron chi connectivity index (χ1n) is 6.44. The van der Waals surface area contributed by atoms with Crippen LogP contribution < -0.4 is 5.32 Å². The van der Waals surface area contributed by atoms with Crippen molar-refractivity contribution in [3.63, 3.8) is 0 Å². The van der Waals surface area contributed by atoms with Crippen LogP contribution in [0.5, 0.6) is 0 Å². The van der Waals surface area contributed by atoms with E-state index in [0.29, 0.717) is 17.3 Å². The Morgan fingerprint density at radius 2 is 2.24 bits per heavy atom. The number of aryl methyl sites for hydroxylation is 1. The van der Waals surface area contributed by atoms with Gasteiger partial charge in [0, 0.05) is 5.56 Å². The van der Waals surface area contributed by atoms with Gasteiger partial charge in [-0.05, 0) is 30.5 Å². The Labute approximate surface area is 125 Å². The van der Waals surface area contributed by atoms with E-state index in [1.54, 1.807) is 6.07 Å². The molecule has 0 bridgehead atoms. The van der Waals surface area contributed by atoms with E-state index < -0.39 is 0 Å². The molecule has 0 atom stereocenters. The lowest BCUT2D eigenvalue weighted by Crippen LogP contribution is -2.22. The summed E-state index contributed by atoms with van der Waals surface area (Å²) in [6, 6.07) is 11.3. The minimum atomic E-state index is -0.158. The molecule has 1 N–H and O–H groups in total. The van der Waals surface area contributed by atoms with Crippen molar-refractivity contribution in [2.75, 3.05) is 0 Å². The number of benzene rings is 1. The standard InChI is InChI=1S/C15H13N3O2S/c1-10-4-2-5-11(8-10)15(19)16-9-13-17-14(18-20-13)12-6-3-7-21-12/h2-8H,9H2,1H3,(H,16,19). The number of hydrogen-bond acceptors (Lipinski definition) is 5. The maximum Gasteiger partial charge on any atom is 0.251 e. The van der Waals surface area contributed by atoms with E-state index in [9.17, 15) is 4.79 Å². The molecule has 0 radical (unpaired) electrons. The number of carbonyl (C=O) groups excluding carboxylic acids is 1. The Morgan fingerprint density at radius 3 is 3.00 bits per heavy atom. The summed E-state index contributed by atoms with van der Waals surface area (Å²) in [6.45, 7) is 2.16. The Balaban J connectivity index is 1.64. The summed E-state index contributed by atoms with van der Waals surface area (Å²) in [5.74, 6) is 0.777. The molecule has 3 aromatic rings. The summed E-state index contributed by atoms with van der Waals surface area (Å²) in [5.41, 5.74) is 1.66. The largest absolute Gasteiger partial charge is 0.343 e. The third-order valence-corrected chi connectivity index (χ3v) is 3.76. The predicted molar refractivity (Wildman–Crippen MR) is 80.0 cm³/mol. The SMILES string of the molecule is Cc1cccc(C(=O)NCc2nc(-c3cccs3)no2)c1. The molecular weight excluding hydrogens is 286 g/mol. The van der Waals surface area contributed by atoms with E-state index in [-0.39, 0.29) is 12.5 Å². The Hall–Kier alpha value is -2.47. The average Bonchev–Trinajstić information content (AvgIpc) is 3.15. The molecule has 0 aliphatic carbocycles. The molecule has 6 heteroatoms. The van der Waals surface area contributed by atoms with Gasteiger partial charge < -0.3 is 9.84 Å². The van der Waals surface area contributed by atoms with Gasteiger partial charge in [0.1, 0.15) is 0 Å². The van der Waals surface area contributed by atoms with Crippen LogP contribution in [-0.2, 0) is 6.54 Å². The molecule has 1 amide bonds. The second kappa shape index (κ2) is 5.88. The summed E-state index contributed by atoms with van der Waals surface area (Å²) in [7, 11) is 0. The first-order valence-corrected chi connectivity index (χ1v) is 7.31. The fraction of sp³-hybridized carbons (Fsp3) is 0.133. The van der Waals surface area contributed by atoms with E-state index in [1.165, 1.54) is 11.3 Å². The average molecular weight is 299 g/mol. The molecule has 0 unspecified atom stereocenters. The summed E-state index contributed by atoms with van der Waals surface area (Å²) in [5, 5.41) is 8.62. The van der Waals surface area contributed by atoms with Crippen LogP contribution in [0.1, 0.15) is 21.8 Å². The number of aromatic nitrogens is 2. The smallest absolute Gasteiger partial charge is 0.251 e. The van der Waals surface area contributed by atoms with Gasteiger partial charge in [0.25, 0.3) is 5.91 Å². The first kappa shape index (κ1) is 13.5. The van der Waals surface area contributed by atoms with Gasteiger partial charge >= 0.3 is 0 Å². The van der Waals surface area contributed by atoms with E-state index >= 15 is 0 Å². The maximum atomic E-state index is 12.0. The molecule has 0 aliphatic heterocycles. The highest BCUT2D eigenvalue weighted by Gasteiger charge is 2.11. The van der Waals surface area contributed by atoms with Crippen LogP contribution in [0.15, 0.2) is 46.3 Å². The monoisotopic (exact) mass is 299 g/mol. The fourth-order valence-electron chi connectivity index (χ4n) is 1.88. The third kappa shape index (κ3) is 3.17. The van der Waals surface area contributed by atoms with Crippen molar-refractivity contribution in [1.82, 2.24) is 15.5 Å². The third-order valence-electron chi connectivity index (χ3n) is 2.89. The van der Waals surface area contributed by atoms with Gasteiger partial charge in [0.2, 0.25) is 11.7 Å². The molecule has 0 aliphatic rings. The van der Waals surface area contributed by atoms with Crippen molar-refractivity contribution in [1.29, 1.82) is 0 Å². The van der Waals surface area contributed by atoms with E-state index in [0.717, 1.165) is 10.4 Å². The number of carbonyl (C=O) groups is 1. The Kier molecular flexibility index (Phi) is 3.79. The van der Waals surface area contributed by atoms with Gasteiger partial charge in [-0.2, -0.15) is 4.98 Å². The summed E-state index contributed by atoms with van der Waals surface area (Å²) < 4.78 is 5.13. The highest BCUT2D eigenvalue weighted by molar-refractivity contribution is 7.13. The predicted octanol–water partition coefficient (Wildman–Crippen LogP) is 3.04. The highest BCUT2D eigenvalue weighted by atomic mass is 32.1. The Bertz CT molecular complexity index is 750. The van der Waals surface area contributed by atoms with Crippen LogP contribution in [0.3, 0.4) is 0 Å². The van der Waals surface area contributed by atoms with E-state index in [1.807, 2.05) is 42.6 Å². The molecule has 3 rings (SSSR count). The van der Waals surface area contributed by atoms with Crippen molar-refractivity contribution in [3.05, 3.63) is 58.8 Å². The van der Waals surface area contributed by atoms with Crippen LogP contribution in [0.4, 0.5) is 0 Å². The molecule has 106 valence electrons. The van der Waals surface area contributed by atoms with Gasteiger partial charge in [0.05, 0.1) is 11.4 Å². The molecule has 0 fully saturated rings. The van der Waals surface area contributed by atoms with Crippen LogP contribution >= 0.6 is 11.3 Å². The normalized spacial score (nSPS) is 10.5. The topological polar surface area (TPSA) is 68.0 Å². The fourth-order valence-corrected chi connectivity index (χ4v) is 2.53. The molecule has 5 nitrogen and oxygen atoms in total. The molecule has 0 saturated heterocycles. The van der Waals surface area contributed by atoms with Gasteiger partial charge in [0.15, 0.2) is 0 Å².